The third kappa shape index (κ3) is 5.49. The lowest BCUT2D eigenvalue weighted by molar-refractivity contribution is 0.415. The molecule has 0 fully saturated rings. The summed E-state index contributed by atoms with van der Waals surface area (Å²) in [6.45, 7) is 7.68. The minimum Gasteiger partial charge on any atom is -0.497 e. The van der Waals surface area contributed by atoms with Gasteiger partial charge in [-0.05, 0) is 71.6 Å². The lowest BCUT2D eigenvalue weighted by Crippen LogP contribution is -2.10. The van der Waals surface area contributed by atoms with Crippen LogP contribution in [-0.4, -0.2) is 25.9 Å². The standard InChI is InChI=1S/C26H30N2O2/c1-26(2,3)21-9-15-24(16-10-21)30-23-13-7-20(8-14-23)25(28-18-17-27)19-5-11-22(29-4)12-6-19/h5-16H,17-18,27H2,1-4H3. The van der Waals surface area contributed by atoms with E-state index < -0.39 is 0 Å². The van der Waals surface area contributed by atoms with Gasteiger partial charge in [0.15, 0.2) is 0 Å². The van der Waals surface area contributed by atoms with E-state index in [1.54, 1.807) is 7.11 Å². The first kappa shape index (κ1) is 21.6. The number of nitrogens with two attached hydrogens (primary N) is 1. The molecule has 0 amide bonds. The Balaban J connectivity index is 1.79. The molecule has 0 aliphatic carbocycles. The SMILES string of the molecule is COc1ccc(C(=NCCN)c2ccc(Oc3ccc(C(C)(C)C)cc3)cc2)cc1. The van der Waals surface area contributed by atoms with Gasteiger partial charge in [0.2, 0.25) is 0 Å². The van der Waals surface area contributed by atoms with Crippen molar-refractivity contribution in [2.45, 2.75) is 26.2 Å². The highest BCUT2D eigenvalue weighted by Crippen LogP contribution is 2.27. The number of hydrogen-bond acceptors (Lipinski definition) is 4. The number of benzene rings is 3. The number of ether oxygens (including phenoxy) is 2. The van der Waals surface area contributed by atoms with Crippen molar-refractivity contribution in [3.63, 3.8) is 0 Å². The maximum Gasteiger partial charge on any atom is 0.127 e. The van der Waals surface area contributed by atoms with E-state index in [4.69, 9.17) is 20.2 Å². The molecule has 0 aliphatic rings. The Hall–Kier alpha value is -3.11. The van der Waals surface area contributed by atoms with Crippen molar-refractivity contribution in [3.8, 4) is 17.2 Å². The van der Waals surface area contributed by atoms with E-state index >= 15 is 0 Å². The molecule has 3 rings (SSSR count). The molecule has 0 aliphatic heterocycles. The van der Waals surface area contributed by atoms with Crippen LogP contribution in [0.4, 0.5) is 0 Å². The maximum absolute atomic E-state index is 6.02. The summed E-state index contributed by atoms with van der Waals surface area (Å²) < 4.78 is 11.3. The fourth-order valence-corrected chi connectivity index (χ4v) is 3.11. The zero-order valence-corrected chi connectivity index (χ0v) is 18.2. The predicted molar refractivity (Wildman–Crippen MR) is 124 cm³/mol. The second-order valence-corrected chi connectivity index (χ2v) is 8.15. The minimum atomic E-state index is 0.126. The highest BCUT2D eigenvalue weighted by atomic mass is 16.5. The molecule has 2 N–H and O–H groups in total. The molecule has 0 radical (unpaired) electrons. The van der Waals surface area contributed by atoms with Crippen molar-refractivity contribution in [2.24, 2.45) is 10.7 Å². The molecule has 0 aromatic heterocycles. The summed E-state index contributed by atoms with van der Waals surface area (Å²) >= 11 is 0. The number of aliphatic imine (C=N–C) groups is 1. The Morgan fingerprint density at radius 2 is 1.23 bits per heavy atom. The van der Waals surface area contributed by atoms with Crippen LogP contribution in [0.25, 0.3) is 0 Å². The molecule has 0 saturated carbocycles. The van der Waals surface area contributed by atoms with E-state index in [9.17, 15) is 0 Å². The Morgan fingerprint density at radius 1 is 0.767 bits per heavy atom. The number of nitrogens with zero attached hydrogens (tertiary/aromatic N) is 1. The fourth-order valence-electron chi connectivity index (χ4n) is 3.11. The van der Waals surface area contributed by atoms with Gasteiger partial charge in [0.25, 0.3) is 0 Å². The lowest BCUT2D eigenvalue weighted by Gasteiger charge is -2.19. The van der Waals surface area contributed by atoms with Crippen LogP contribution in [0.5, 0.6) is 17.2 Å². The zero-order chi connectivity index (χ0) is 21.6. The molecule has 0 atom stereocenters. The van der Waals surface area contributed by atoms with Crippen molar-refractivity contribution in [2.75, 3.05) is 20.2 Å². The van der Waals surface area contributed by atoms with E-state index in [1.165, 1.54) is 5.56 Å². The lowest BCUT2D eigenvalue weighted by atomic mass is 9.87. The van der Waals surface area contributed by atoms with Crippen LogP contribution in [-0.2, 0) is 5.41 Å². The molecule has 30 heavy (non-hydrogen) atoms. The molecular formula is C26H30N2O2. The van der Waals surface area contributed by atoms with Crippen molar-refractivity contribution in [1.82, 2.24) is 0 Å². The summed E-state index contributed by atoms with van der Waals surface area (Å²) in [6.07, 6.45) is 0. The van der Waals surface area contributed by atoms with Gasteiger partial charge in [-0.3, -0.25) is 4.99 Å². The molecule has 0 saturated heterocycles. The number of hydrogen-bond donors (Lipinski definition) is 1. The summed E-state index contributed by atoms with van der Waals surface area (Å²) in [5.41, 5.74) is 10.0. The first-order chi connectivity index (χ1) is 14.4. The van der Waals surface area contributed by atoms with Gasteiger partial charge in [-0.1, -0.05) is 32.9 Å². The molecule has 4 nitrogen and oxygen atoms in total. The summed E-state index contributed by atoms with van der Waals surface area (Å²) in [6, 6.07) is 24.1. The predicted octanol–water partition coefficient (Wildman–Crippen LogP) is 5.58. The zero-order valence-electron chi connectivity index (χ0n) is 18.2. The van der Waals surface area contributed by atoms with Gasteiger partial charge in [0.1, 0.15) is 17.2 Å². The first-order valence-corrected chi connectivity index (χ1v) is 10.2. The Kier molecular flexibility index (Phi) is 6.91. The molecule has 0 spiro atoms. The number of rotatable bonds is 7. The van der Waals surface area contributed by atoms with E-state index in [-0.39, 0.29) is 5.41 Å². The average Bonchev–Trinajstić information content (AvgIpc) is 2.75. The minimum absolute atomic E-state index is 0.126. The Labute approximate surface area is 179 Å². The monoisotopic (exact) mass is 402 g/mol. The molecule has 0 unspecified atom stereocenters. The molecular weight excluding hydrogens is 372 g/mol. The summed E-state index contributed by atoms with van der Waals surface area (Å²) in [5.74, 6) is 2.43. The van der Waals surface area contributed by atoms with Gasteiger partial charge in [0, 0.05) is 17.7 Å². The van der Waals surface area contributed by atoms with Crippen molar-refractivity contribution >= 4 is 5.71 Å². The quantitative estimate of drug-likeness (QED) is 0.525. The first-order valence-electron chi connectivity index (χ1n) is 10.2. The molecule has 0 bridgehead atoms. The normalized spacial score (nSPS) is 12.0. The smallest absolute Gasteiger partial charge is 0.127 e. The molecule has 3 aromatic carbocycles. The summed E-state index contributed by atoms with van der Waals surface area (Å²) in [4.78, 5) is 4.69. The molecule has 4 heteroatoms. The average molecular weight is 403 g/mol. The molecule has 156 valence electrons. The van der Waals surface area contributed by atoms with Crippen LogP contribution in [0.2, 0.25) is 0 Å². The fraction of sp³-hybridized carbons (Fsp3) is 0.269. The topological polar surface area (TPSA) is 56.8 Å². The van der Waals surface area contributed by atoms with Crippen LogP contribution < -0.4 is 15.2 Å². The maximum atomic E-state index is 6.02. The van der Waals surface area contributed by atoms with Gasteiger partial charge in [0.05, 0.1) is 19.4 Å². The Morgan fingerprint density at radius 3 is 1.67 bits per heavy atom. The van der Waals surface area contributed by atoms with E-state index in [0.717, 1.165) is 34.1 Å². The van der Waals surface area contributed by atoms with E-state index in [0.29, 0.717) is 13.1 Å². The molecule has 3 aromatic rings. The van der Waals surface area contributed by atoms with Crippen LogP contribution in [0.1, 0.15) is 37.5 Å². The van der Waals surface area contributed by atoms with E-state index in [2.05, 4.69) is 32.9 Å². The van der Waals surface area contributed by atoms with Crippen LogP contribution in [0, 0.1) is 0 Å². The third-order valence-electron chi connectivity index (χ3n) is 4.85. The largest absolute Gasteiger partial charge is 0.497 e. The van der Waals surface area contributed by atoms with Crippen LogP contribution in [0.3, 0.4) is 0 Å². The summed E-state index contributed by atoms with van der Waals surface area (Å²) in [5, 5.41) is 0. The van der Waals surface area contributed by atoms with Gasteiger partial charge in [-0.15, -0.1) is 0 Å². The Bertz CT molecular complexity index is 968. The van der Waals surface area contributed by atoms with Crippen LogP contribution in [0.15, 0.2) is 77.8 Å². The summed E-state index contributed by atoms with van der Waals surface area (Å²) in [7, 11) is 1.66. The molecule has 0 heterocycles. The van der Waals surface area contributed by atoms with Crippen molar-refractivity contribution in [1.29, 1.82) is 0 Å². The van der Waals surface area contributed by atoms with Gasteiger partial charge in [-0.2, -0.15) is 0 Å². The third-order valence-corrected chi connectivity index (χ3v) is 4.85. The van der Waals surface area contributed by atoms with Crippen molar-refractivity contribution < 1.29 is 9.47 Å². The second-order valence-electron chi connectivity index (χ2n) is 8.15. The van der Waals surface area contributed by atoms with Gasteiger partial charge >= 0.3 is 0 Å². The van der Waals surface area contributed by atoms with Gasteiger partial charge in [-0.25, -0.2) is 0 Å². The second kappa shape index (κ2) is 9.59. The van der Waals surface area contributed by atoms with E-state index in [1.807, 2.05) is 60.7 Å². The van der Waals surface area contributed by atoms with Crippen LogP contribution >= 0.6 is 0 Å². The van der Waals surface area contributed by atoms with Crippen molar-refractivity contribution in [3.05, 3.63) is 89.5 Å². The highest BCUT2D eigenvalue weighted by Gasteiger charge is 2.13. The number of methoxy groups -OCH3 is 1. The van der Waals surface area contributed by atoms with Gasteiger partial charge < -0.3 is 15.2 Å². The highest BCUT2D eigenvalue weighted by molar-refractivity contribution is 6.13.